The van der Waals surface area contributed by atoms with Crippen molar-refractivity contribution in [2.45, 2.75) is 38.2 Å². The number of rotatable bonds is 6. The highest BCUT2D eigenvalue weighted by atomic mass is 35.5. The first-order valence-electron chi connectivity index (χ1n) is 12.2. The number of carbonyl (C=O) groups excluding carboxylic acids is 1. The Morgan fingerprint density at radius 3 is 2.84 bits per heavy atom. The van der Waals surface area contributed by atoms with Crippen LogP contribution in [0.4, 0.5) is 4.39 Å². The summed E-state index contributed by atoms with van der Waals surface area (Å²) in [7, 11) is 0. The second-order valence-electron chi connectivity index (χ2n) is 9.56. The molecule has 0 bridgehead atoms. The molecule has 1 fully saturated rings. The Hall–Kier alpha value is -2.56. The molecule has 0 aromatic heterocycles. The molecule has 0 saturated carbocycles. The number of nitrogens with two attached hydrogens (primary N) is 1. The summed E-state index contributed by atoms with van der Waals surface area (Å²) < 4.78 is 20.0. The van der Waals surface area contributed by atoms with Crippen LogP contribution < -0.4 is 5.73 Å². The van der Waals surface area contributed by atoms with Crippen LogP contribution in [0, 0.1) is 5.82 Å². The summed E-state index contributed by atoms with van der Waals surface area (Å²) in [6.07, 6.45) is 7.10. The number of hydroxylamine groups is 2. The Morgan fingerprint density at radius 1 is 1.32 bits per heavy atom. The van der Waals surface area contributed by atoms with Crippen molar-refractivity contribution in [3.05, 3.63) is 80.6 Å². The Kier molecular flexibility index (Phi) is 7.51. The van der Waals surface area contributed by atoms with Gasteiger partial charge in [0.2, 0.25) is 12.1 Å². The summed E-state index contributed by atoms with van der Waals surface area (Å²) in [6, 6.07) is 2.64. The first-order valence-corrected chi connectivity index (χ1v) is 13.0. The topological polar surface area (TPSA) is 91.5 Å². The van der Waals surface area contributed by atoms with Crippen molar-refractivity contribution in [2.75, 3.05) is 32.7 Å². The molecule has 3 N–H and O–H groups in total. The number of β-amino-alcohol motifs (C(OH)–C–C–N with tert-alkyl or cyclic N) is 1. The lowest BCUT2D eigenvalue weighted by Gasteiger charge is -2.35. The fourth-order valence-electron chi connectivity index (χ4n) is 5.02. The largest absolute Gasteiger partial charge is 0.471 e. The van der Waals surface area contributed by atoms with E-state index in [4.69, 9.17) is 38.5 Å². The first kappa shape index (κ1) is 26.1. The maximum Gasteiger partial charge on any atom is 0.236 e. The number of amides is 1. The second kappa shape index (κ2) is 10.7. The van der Waals surface area contributed by atoms with Gasteiger partial charge in [0.15, 0.2) is 0 Å². The van der Waals surface area contributed by atoms with Crippen LogP contribution in [0.5, 0.6) is 0 Å². The SMILES string of the molecule is C[C@@H](ON1C(N)=CC=C2C(C3=CCN(CC(=O)N4CCC(O)C4)CC3)=COC21)c1c(Cl)ccc(F)c1Cl. The van der Waals surface area contributed by atoms with Crippen molar-refractivity contribution in [1.82, 2.24) is 14.9 Å². The monoisotopic (exact) mass is 550 g/mol. The lowest BCUT2D eigenvalue weighted by Crippen LogP contribution is -2.42. The molecule has 4 heterocycles. The van der Waals surface area contributed by atoms with Crippen molar-refractivity contribution in [3.8, 4) is 0 Å². The molecule has 0 aliphatic carbocycles. The predicted molar refractivity (Wildman–Crippen MR) is 137 cm³/mol. The van der Waals surface area contributed by atoms with Crippen LogP contribution in [0.1, 0.15) is 31.4 Å². The van der Waals surface area contributed by atoms with Gasteiger partial charge in [-0.2, -0.15) is 5.06 Å². The van der Waals surface area contributed by atoms with Gasteiger partial charge in [-0.15, -0.1) is 0 Å². The molecule has 2 unspecified atom stereocenters. The third-order valence-electron chi connectivity index (χ3n) is 7.06. The summed E-state index contributed by atoms with van der Waals surface area (Å²) in [5, 5.41) is 11.3. The van der Waals surface area contributed by atoms with Gasteiger partial charge < -0.3 is 20.5 Å². The highest BCUT2D eigenvalue weighted by Gasteiger charge is 2.38. The minimum atomic E-state index is -0.702. The van der Waals surface area contributed by atoms with Crippen LogP contribution in [0.15, 0.2) is 59.2 Å². The molecule has 8 nitrogen and oxygen atoms in total. The number of benzene rings is 1. The molecule has 198 valence electrons. The van der Waals surface area contributed by atoms with E-state index in [0.717, 1.165) is 29.7 Å². The van der Waals surface area contributed by atoms with Gasteiger partial charge in [0.1, 0.15) is 17.7 Å². The normalized spacial score (nSPS) is 24.7. The van der Waals surface area contributed by atoms with Crippen molar-refractivity contribution in [1.29, 1.82) is 0 Å². The lowest BCUT2D eigenvalue weighted by molar-refractivity contribution is -0.230. The summed E-state index contributed by atoms with van der Waals surface area (Å²) >= 11 is 12.4. The molecule has 37 heavy (non-hydrogen) atoms. The average molecular weight is 551 g/mol. The van der Waals surface area contributed by atoms with E-state index in [9.17, 15) is 14.3 Å². The minimum Gasteiger partial charge on any atom is -0.471 e. The van der Waals surface area contributed by atoms with E-state index in [1.165, 1.54) is 17.2 Å². The third-order valence-corrected chi connectivity index (χ3v) is 7.78. The van der Waals surface area contributed by atoms with Crippen LogP contribution in [-0.4, -0.2) is 70.9 Å². The number of nitrogens with zero attached hydrogens (tertiary/aromatic N) is 3. The van der Waals surface area contributed by atoms with E-state index in [1.807, 2.05) is 6.08 Å². The number of likely N-dealkylation sites (tertiary alicyclic amines) is 1. The molecule has 1 aromatic rings. The van der Waals surface area contributed by atoms with Crippen LogP contribution in [-0.2, 0) is 14.4 Å². The smallest absolute Gasteiger partial charge is 0.236 e. The Balaban J connectivity index is 1.24. The molecule has 3 atom stereocenters. The van der Waals surface area contributed by atoms with Gasteiger partial charge in [-0.1, -0.05) is 29.3 Å². The third kappa shape index (κ3) is 5.24. The molecule has 0 radical (unpaired) electrons. The van der Waals surface area contributed by atoms with Crippen LogP contribution >= 0.6 is 23.2 Å². The number of fused-ring (bicyclic) bond motifs is 1. The van der Waals surface area contributed by atoms with Crippen LogP contribution in [0.25, 0.3) is 0 Å². The van der Waals surface area contributed by atoms with Gasteiger partial charge in [0.05, 0.1) is 23.9 Å². The van der Waals surface area contributed by atoms with Gasteiger partial charge in [0, 0.05) is 47.9 Å². The maximum absolute atomic E-state index is 14.1. The molecule has 1 aromatic carbocycles. The average Bonchev–Trinajstić information content (AvgIpc) is 3.50. The van der Waals surface area contributed by atoms with Crippen molar-refractivity contribution >= 4 is 29.1 Å². The number of aliphatic hydroxyl groups excluding tert-OH is 1. The van der Waals surface area contributed by atoms with Gasteiger partial charge in [-0.25, -0.2) is 4.39 Å². The number of carbonyl (C=O) groups is 1. The first-order chi connectivity index (χ1) is 17.7. The van der Waals surface area contributed by atoms with Gasteiger partial charge >= 0.3 is 0 Å². The van der Waals surface area contributed by atoms with E-state index in [2.05, 4.69) is 11.0 Å². The molecular weight excluding hydrogens is 522 g/mol. The molecule has 4 aliphatic rings. The quantitative estimate of drug-likeness (QED) is 0.522. The van der Waals surface area contributed by atoms with Crippen molar-refractivity contribution in [3.63, 3.8) is 0 Å². The van der Waals surface area contributed by atoms with E-state index < -0.39 is 24.3 Å². The lowest BCUT2D eigenvalue weighted by atomic mass is 9.93. The fourth-order valence-corrected chi connectivity index (χ4v) is 5.70. The predicted octanol–water partition coefficient (Wildman–Crippen LogP) is 3.63. The summed E-state index contributed by atoms with van der Waals surface area (Å²) in [5.74, 6) is -0.209. The maximum atomic E-state index is 14.1. The number of hydrogen-bond donors (Lipinski definition) is 2. The van der Waals surface area contributed by atoms with E-state index >= 15 is 0 Å². The second-order valence-corrected chi connectivity index (χ2v) is 10.3. The van der Waals surface area contributed by atoms with Crippen LogP contribution in [0.3, 0.4) is 0 Å². The van der Waals surface area contributed by atoms with E-state index in [-0.39, 0.29) is 16.0 Å². The highest BCUT2D eigenvalue weighted by Crippen LogP contribution is 2.40. The number of allylic oxidation sites excluding steroid dienone is 2. The number of hydrogen-bond acceptors (Lipinski definition) is 7. The molecule has 5 rings (SSSR count). The van der Waals surface area contributed by atoms with Crippen molar-refractivity contribution in [2.24, 2.45) is 5.73 Å². The van der Waals surface area contributed by atoms with Gasteiger partial charge in [0.25, 0.3) is 0 Å². The summed E-state index contributed by atoms with van der Waals surface area (Å²) in [6.45, 7) is 4.44. The Bertz CT molecular complexity index is 1220. The molecular formula is C26H29Cl2FN4O4. The molecule has 0 spiro atoms. The Labute approximate surface area is 224 Å². The zero-order valence-corrected chi connectivity index (χ0v) is 21.9. The standard InChI is InChI=1S/C26H29Cl2FN4O4/c1-15(24-20(27)3-4-21(29)25(24)28)37-33-22(30)5-2-18-19(14-36-26(18)33)16-6-9-31(10-7-16)13-23(35)32-11-8-17(34)12-32/h2-6,14-15,17,26,34H,7-13,30H2,1H3/t15-,17?,26?/m1/s1. The number of halogens is 3. The zero-order valence-electron chi connectivity index (χ0n) is 20.4. The van der Waals surface area contributed by atoms with Gasteiger partial charge in [-0.3, -0.25) is 14.5 Å². The fraction of sp³-hybridized carbons (Fsp3) is 0.423. The molecule has 11 heteroatoms. The number of aliphatic hydroxyl groups is 1. The Morgan fingerprint density at radius 2 is 2.14 bits per heavy atom. The molecule has 1 saturated heterocycles. The van der Waals surface area contributed by atoms with Gasteiger partial charge in [-0.05, 0) is 49.6 Å². The van der Waals surface area contributed by atoms with E-state index in [0.29, 0.717) is 44.0 Å². The minimum absolute atomic E-state index is 0.0490. The summed E-state index contributed by atoms with van der Waals surface area (Å²) in [5.41, 5.74) is 9.50. The molecule has 4 aliphatic heterocycles. The zero-order chi connectivity index (χ0) is 26.3. The molecule has 1 amide bonds. The van der Waals surface area contributed by atoms with E-state index in [1.54, 1.807) is 24.2 Å². The highest BCUT2D eigenvalue weighted by molar-refractivity contribution is 6.36. The van der Waals surface area contributed by atoms with Crippen molar-refractivity contribution < 1.29 is 23.9 Å². The summed E-state index contributed by atoms with van der Waals surface area (Å²) in [4.78, 5) is 22.5. The number of ether oxygens (including phenoxy) is 1. The van der Waals surface area contributed by atoms with Crippen LogP contribution in [0.2, 0.25) is 10.0 Å².